The van der Waals surface area contributed by atoms with Crippen LogP contribution in [0.4, 0.5) is 0 Å². The molecule has 1 aliphatic carbocycles. The molecule has 1 aliphatic rings. The van der Waals surface area contributed by atoms with Crippen molar-refractivity contribution in [3.63, 3.8) is 0 Å². The van der Waals surface area contributed by atoms with E-state index in [0.29, 0.717) is 5.92 Å². The SMILES string of the molecule is Oc1cnc(C2CCC2)nc1. The molecular formula is C8H10N2O. The van der Waals surface area contributed by atoms with Crippen LogP contribution in [0.15, 0.2) is 12.4 Å². The van der Waals surface area contributed by atoms with Gasteiger partial charge in [0.05, 0.1) is 12.4 Å². The van der Waals surface area contributed by atoms with Gasteiger partial charge >= 0.3 is 0 Å². The number of rotatable bonds is 1. The van der Waals surface area contributed by atoms with Gasteiger partial charge in [-0.2, -0.15) is 0 Å². The first-order chi connectivity index (χ1) is 5.36. The molecule has 0 amide bonds. The summed E-state index contributed by atoms with van der Waals surface area (Å²) in [4.78, 5) is 8.08. The third kappa shape index (κ3) is 1.18. The van der Waals surface area contributed by atoms with E-state index < -0.39 is 0 Å². The number of hydrogen-bond acceptors (Lipinski definition) is 3. The second-order valence-electron chi connectivity index (χ2n) is 2.93. The van der Waals surface area contributed by atoms with Crippen molar-refractivity contribution in [3.8, 4) is 5.75 Å². The molecule has 0 atom stereocenters. The van der Waals surface area contributed by atoms with E-state index in [4.69, 9.17) is 5.11 Å². The highest BCUT2D eigenvalue weighted by Crippen LogP contribution is 2.34. The van der Waals surface area contributed by atoms with Crippen molar-refractivity contribution in [1.82, 2.24) is 9.97 Å². The van der Waals surface area contributed by atoms with Crippen molar-refractivity contribution in [1.29, 1.82) is 0 Å². The van der Waals surface area contributed by atoms with E-state index in [0.717, 1.165) is 5.82 Å². The quantitative estimate of drug-likeness (QED) is 0.659. The van der Waals surface area contributed by atoms with Gasteiger partial charge in [-0.1, -0.05) is 6.42 Å². The van der Waals surface area contributed by atoms with E-state index in [9.17, 15) is 0 Å². The van der Waals surface area contributed by atoms with Gasteiger partial charge in [0.2, 0.25) is 0 Å². The zero-order chi connectivity index (χ0) is 7.68. The van der Waals surface area contributed by atoms with Crippen LogP contribution in [0.5, 0.6) is 5.75 Å². The lowest BCUT2D eigenvalue weighted by Gasteiger charge is -2.23. The topological polar surface area (TPSA) is 46.0 Å². The Kier molecular flexibility index (Phi) is 1.49. The van der Waals surface area contributed by atoms with Crippen LogP contribution in [0, 0.1) is 0 Å². The second kappa shape index (κ2) is 2.49. The van der Waals surface area contributed by atoms with Gasteiger partial charge in [0, 0.05) is 5.92 Å². The third-order valence-electron chi connectivity index (χ3n) is 2.13. The Bertz CT molecular complexity index is 241. The van der Waals surface area contributed by atoms with Crippen LogP contribution < -0.4 is 0 Å². The molecule has 1 aromatic heterocycles. The standard InChI is InChI=1S/C8H10N2O/c11-7-4-9-8(10-5-7)6-2-1-3-6/h4-6,11H,1-3H2. The van der Waals surface area contributed by atoms with E-state index >= 15 is 0 Å². The molecule has 0 aromatic carbocycles. The molecule has 11 heavy (non-hydrogen) atoms. The molecule has 0 spiro atoms. The zero-order valence-electron chi connectivity index (χ0n) is 6.20. The van der Waals surface area contributed by atoms with Gasteiger partial charge in [-0.05, 0) is 12.8 Å². The molecule has 1 N–H and O–H groups in total. The van der Waals surface area contributed by atoms with Crippen LogP contribution in [-0.2, 0) is 0 Å². The number of hydrogen-bond donors (Lipinski definition) is 1. The highest BCUT2D eigenvalue weighted by atomic mass is 16.3. The Morgan fingerprint density at radius 3 is 2.36 bits per heavy atom. The molecule has 0 bridgehead atoms. The Hall–Kier alpha value is -1.12. The number of aromatic hydroxyl groups is 1. The van der Waals surface area contributed by atoms with E-state index in [1.165, 1.54) is 31.7 Å². The summed E-state index contributed by atoms with van der Waals surface area (Å²) in [5, 5.41) is 8.90. The molecule has 3 heteroatoms. The monoisotopic (exact) mass is 150 g/mol. The molecule has 2 rings (SSSR count). The van der Waals surface area contributed by atoms with Crippen LogP contribution in [0.3, 0.4) is 0 Å². The van der Waals surface area contributed by atoms with Crippen molar-refractivity contribution in [2.45, 2.75) is 25.2 Å². The average molecular weight is 150 g/mol. The Balaban J connectivity index is 2.18. The molecule has 0 unspecified atom stereocenters. The molecule has 1 fully saturated rings. The van der Waals surface area contributed by atoms with E-state index in [2.05, 4.69) is 9.97 Å². The fourth-order valence-corrected chi connectivity index (χ4v) is 1.21. The largest absolute Gasteiger partial charge is 0.505 e. The summed E-state index contributed by atoms with van der Waals surface area (Å²) >= 11 is 0. The van der Waals surface area contributed by atoms with Crippen LogP contribution in [0.25, 0.3) is 0 Å². The fraction of sp³-hybridized carbons (Fsp3) is 0.500. The van der Waals surface area contributed by atoms with E-state index in [1.54, 1.807) is 0 Å². The molecule has 0 radical (unpaired) electrons. The van der Waals surface area contributed by atoms with E-state index in [-0.39, 0.29) is 5.75 Å². The van der Waals surface area contributed by atoms with Crippen molar-refractivity contribution < 1.29 is 5.11 Å². The maximum atomic E-state index is 8.90. The van der Waals surface area contributed by atoms with Gasteiger partial charge < -0.3 is 5.11 Å². The lowest BCUT2D eigenvalue weighted by Crippen LogP contribution is -2.11. The zero-order valence-corrected chi connectivity index (χ0v) is 6.20. The summed E-state index contributed by atoms with van der Waals surface area (Å²) in [6, 6.07) is 0. The maximum Gasteiger partial charge on any atom is 0.152 e. The van der Waals surface area contributed by atoms with Gasteiger partial charge in [0.25, 0.3) is 0 Å². The molecule has 3 nitrogen and oxygen atoms in total. The highest BCUT2D eigenvalue weighted by Gasteiger charge is 2.21. The van der Waals surface area contributed by atoms with Crippen LogP contribution in [0.1, 0.15) is 31.0 Å². The summed E-state index contributed by atoms with van der Waals surface area (Å²) in [5.74, 6) is 1.58. The second-order valence-corrected chi connectivity index (χ2v) is 2.93. The lowest BCUT2D eigenvalue weighted by molar-refractivity contribution is 0.397. The molecule has 1 saturated carbocycles. The first-order valence-electron chi connectivity index (χ1n) is 3.87. The minimum absolute atomic E-state index is 0.146. The molecule has 0 saturated heterocycles. The summed E-state index contributed by atoms with van der Waals surface area (Å²) in [6.07, 6.45) is 6.60. The van der Waals surface area contributed by atoms with Gasteiger partial charge in [-0.25, -0.2) is 9.97 Å². The first-order valence-corrected chi connectivity index (χ1v) is 3.87. The molecule has 58 valence electrons. The smallest absolute Gasteiger partial charge is 0.152 e. The number of aromatic nitrogens is 2. The van der Waals surface area contributed by atoms with Crippen LogP contribution >= 0.6 is 0 Å². The first kappa shape index (κ1) is 6.58. The summed E-state index contributed by atoms with van der Waals surface area (Å²) in [5.41, 5.74) is 0. The number of nitrogens with zero attached hydrogens (tertiary/aromatic N) is 2. The molecular weight excluding hydrogens is 140 g/mol. The van der Waals surface area contributed by atoms with Crippen molar-refractivity contribution in [2.75, 3.05) is 0 Å². The molecule has 1 aromatic rings. The Labute approximate surface area is 65.1 Å². The maximum absolute atomic E-state index is 8.90. The van der Waals surface area contributed by atoms with Gasteiger partial charge in [0.15, 0.2) is 5.75 Å². The molecule has 0 aliphatic heterocycles. The van der Waals surface area contributed by atoms with Gasteiger partial charge in [-0.3, -0.25) is 0 Å². The van der Waals surface area contributed by atoms with Crippen LogP contribution in [-0.4, -0.2) is 15.1 Å². The van der Waals surface area contributed by atoms with Crippen molar-refractivity contribution in [2.24, 2.45) is 0 Å². The minimum atomic E-state index is 0.146. The summed E-state index contributed by atoms with van der Waals surface area (Å²) in [6.45, 7) is 0. The van der Waals surface area contributed by atoms with Crippen LogP contribution in [0.2, 0.25) is 0 Å². The Morgan fingerprint density at radius 2 is 1.91 bits per heavy atom. The minimum Gasteiger partial charge on any atom is -0.505 e. The molecule has 1 heterocycles. The average Bonchev–Trinajstić information content (AvgIpc) is 1.90. The van der Waals surface area contributed by atoms with Crippen molar-refractivity contribution in [3.05, 3.63) is 18.2 Å². The van der Waals surface area contributed by atoms with Gasteiger partial charge in [-0.15, -0.1) is 0 Å². The predicted octanol–water partition coefficient (Wildman–Crippen LogP) is 1.45. The normalized spacial score (nSPS) is 17.8. The lowest BCUT2D eigenvalue weighted by atomic mass is 9.85. The highest BCUT2D eigenvalue weighted by molar-refractivity contribution is 5.12. The Morgan fingerprint density at radius 1 is 1.27 bits per heavy atom. The fourth-order valence-electron chi connectivity index (χ4n) is 1.21. The van der Waals surface area contributed by atoms with Gasteiger partial charge in [0.1, 0.15) is 5.82 Å². The summed E-state index contributed by atoms with van der Waals surface area (Å²) in [7, 11) is 0. The van der Waals surface area contributed by atoms with E-state index in [1.807, 2.05) is 0 Å². The third-order valence-corrected chi connectivity index (χ3v) is 2.13. The summed E-state index contributed by atoms with van der Waals surface area (Å²) < 4.78 is 0. The predicted molar refractivity (Wildman–Crippen MR) is 40.3 cm³/mol. The van der Waals surface area contributed by atoms with Crippen molar-refractivity contribution >= 4 is 0 Å².